The minimum absolute atomic E-state index is 0.126. The highest BCUT2D eigenvalue weighted by molar-refractivity contribution is 5.93. The number of rotatable bonds is 6. The van der Waals surface area contributed by atoms with Crippen molar-refractivity contribution in [2.45, 2.75) is 43.7 Å². The lowest BCUT2D eigenvalue weighted by Gasteiger charge is -2.46. The zero-order valence-electron chi connectivity index (χ0n) is 19.2. The fourth-order valence-electron chi connectivity index (χ4n) is 6.34. The average Bonchev–Trinajstić information content (AvgIpc) is 3.40. The maximum Gasteiger partial charge on any atom is 0.335 e. The Balaban J connectivity index is 1.62. The molecule has 3 atom stereocenters. The Hall–Kier alpha value is -3.12. The molecule has 0 aromatic heterocycles. The first-order chi connectivity index (χ1) is 16.1. The highest BCUT2D eigenvalue weighted by Crippen LogP contribution is 2.59. The molecule has 0 unspecified atom stereocenters. The topological polar surface area (TPSA) is 67.9 Å². The van der Waals surface area contributed by atoms with E-state index < -0.39 is 0 Å². The van der Waals surface area contributed by atoms with Crippen molar-refractivity contribution < 1.29 is 19.1 Å². The molecule has 33 heavy (non-hydrogen) atoms. The second-order valence-corrected chi connectivity index (χ2v) is 9.22. The van der Waals surface area contributed by atoms with Gasteiger partial charge in [0.15, 0.2) is 0 Å². The number of nitrogens with zero attached hydrogens (tertiary/aromatic N) is 1. The van der Waals surface area contributed by atoms with E-state index in [2.05, 4.69) is 52.7 Å². The molecule has 2 aromatic carbocycles. The van der Waals surface area contributed by atoms with Crippen molar-refractivity contribution in [2.75, 3.05) is 26.1 Å². The predicted molar refractivity (Wildman–Crippen MR) is 125 cm³/mol. The number of hydrogen-bond acceptors (Lipinski definition) is 6. The van der Waals surface area contributed by atoms with Gasteiger partial charge in [-0.3, -0.25) is 9.69 Å². The summed E-state index contributed by atoms with van der Waals surface area (Å²) in [6, 6.07) is 19.1. The highest BCUT2D eigenvalue weighted by atomic mass is 16.5. The molecule has 0 saturated carbocycles. The molecule has 0 radical (unpaired) electrons. The molecular formula is C27H30N2O4. The molecule has 6 heteroatoms. The van der Waals surface area contributed by atoms with Crippen LogP contribution >= 0.6 is 0 Å². The van der Waals surface area contributed by atoms with Gasteiger partial charge < -0.3 is 14.8 Å². The third kappa shape index (κ3) is 3.53. The number of anilines is 1. The fraction of sp³-hybridized carbons (Fsp3) is 0.407. The molecule has 1 fully saturated rings. The molecule has 5 rings (SSSR count). The number of methoxy groups -OCH3 is 2. The van der Waals surface area contributed by atoms with Gasteiger partial charge in [-0.05, 0) is 42.4 Å². The van der Waals surface area contributed by atoms with Gasteiger partial charge in [0.1, 0.15) is 0 Å². The van der Waals surface area contributed by atoms with Gasteiger partial charge >= 0.3 is 11.9 Å². The number of benzene rings is 2. The van der Waals surface area contributed by atoms with Crippen molar-refractivity contribution >= 4 is 17.6 Å². The third-order valence-electron chi connectivity index (χ3n) is 7.63. The molecule has 0 bridgehead atoms. The number of hydrogen-bond donors (Lipinski definition) is 1. The minimum Gasteiger partial charge on any atom is -0.469 e. The molecule has 1 saturated heterocycles. The van der Waals surface area contributed by atoms with Crippen LogP contribution in [0, 0.1) is 5.92 Å². The Labute approximate surface area is 194 Å². The van der Waals surface area contributed by atoms with E-state index in [0.29, 0.717) is 24.8 Å². The Bertz CT molecular complexity index is 1100. The molecule has 2 aromatic rings. The quantitative estimate of drug-likeness (QED) is 0.676. The summed E-state index contributed by atoms with van der Waals surface area (Å²) in [5.41, 5.74) is 4.96. The summed E-state index contributed by atoms with van der Waals surface area (Å²) in [5.74, 6) is -0.371. The van der Waals surface area contributed by atoms with Crippen LogP contribution in [0.25, 0.3) is 0 Å². The molecule has 1 N–H and O–H groups in total. The summed E-state index contributed by atoms with van der Waals surface area (Å²) in [7, 11) is 2.87. The number of nitrogens with one attached hydrogen (secondary N) is 1. The van der Waals surface area contributed by atoms with Crippen LogP contribution < -0.4 is 5.32 Å². The molecule has 1 aliphatic carbocycles. The average molecular weight is 447 g/mol. The number of ether oxygens (including phenoxy) is 2. The van der Waals surface area contributed by atoms with Crippen molar-refractivity contribution in [2.24, 2.45) is 5.92 Å². The minimum atomic E-state index is -0.312. The first-order valence-corrected chi connectivity index (χ1v) is 11.6. The van der Waals surface area contributed by atoms with Crippen LogP contribution in [0.4, 0.5) is 5.69 Å². The third-order valence-corrected chi connectivity index (χ3v) is 7.63. The molecule has 2 aliphatic heterocycles. The maximum atomic E-state index is 12.9. The molecule has 3 aliphatic rings. The van der Waals surface area contributed by atoms with E-state index in [4.69, 9.17) is 9.47 Å². The van der Waals surface area contributed by atoms with E-state index in [0.717, 1.165) is 30.9 Å². The molecule has 172 valence electrons. The van der Waals surface area contributed by atoms with Gasteiger partial charge in [-0.15, -0.1) is 0 Å². The summed E-state index contributed by atoms with van der Waals surface area (Å²) < 4.78 is 10.2. The number of carbonyl (C=O) groups is 2. The van der Waals surface area contributed by atoms with E-state index in [-0.39, 0.29) is 29.3 Å². The van der Waals surface area contributed by atoms with Crippen molar-refractivity contribution in [1.29, 1.82) is 0 Å². The van der Waals surface area contributed by atoms with Crippen molar-refractivity contribution in [3.63, 3.8) is 0 Å². The number of esters is 2. The predicted octanol–water partition coefficient (Wildman–Crippen LogP) is 4.02. The van der Waals surface area contributed by atoms with Crippen LogP contribution in [0.2, 0.25) is 0 Å². The van der Waals surface area contributed by atoms with Gasteiger partial charge in [-0.1, -0.05) is 48.5 Å². The van der Waals surface area contributed by atoms with Gasteiger partial charge in [0.05, 0.1) is 25.2 Å². The Morgan fingerprint density at radius 3 is 2.58 bits per heavy atom. The largest absolute Gasteiger partial charge is 0.469 e. The van der Waals surface area contributed by atoms with Crippen molar-refractivity contribution in [3.8, 4) is 0 Å². The zero-order valence-corrected chi connectivity index (χ0v) is 19.2. The maximum absolute atomic E-state index is 12.9. The summed E-state index contributed by atoms with van der Waals surface area (Å²) in [4.78, 5) is 27.5. The van der Waals surface area contributed by atoms with Crippen LogP contribution in [0.1, 0.15) is 36.8 Å². The van der Waals surface area contributed by atoms with Gasteiger partial charge in [-0.25, -0.2) is 4.79 Å². The SMILES string of the molecule is COC(=O)CC[C@@H]1CC(C(=O)OC)=C2Nc3ccccc3[C@@]23CCN(Cc2ccccc2)[C@@H]13. The second-order valence-electron chi connectivity index (χ2n) is 9.22. The standard InChI is InChI=1S/C27H30N2O4/c1-32-23(30)13-12-19-16-20(26(31)33-2)24-27(21-10-6-7-11-22(21)28-24)14-15-29(25(19)27)17-18-8-4-3-5-9-18/h3-11,19,25,28H,12-17H2,1-2H3/t19-,25+,27+/m1/s1. The second kappa shape index (κ2) is 8.67. The lowest BCUT2D eigenvalue weighted by molar-refractivity contribution is -0.141. The Morgan fingerprint density at radius 1 is 1.06 bits per heavy atom. The lowest BCUT2D eigenvalue weighted by Crippen LogP contribution is -2.51. The molecule has 0 amide bonds. The monoisotopic (exact) mass is 446 g/mol. The Morgan fingerprint density at radius 2 is 1.82 bits per heavy atom. The number of carbonyl (C=O) groups excluding carboxylic acids is 2. The normalized spacial score (nSPS) is 25.6. The number of likely N-dealkylation sites (tertiary alicyclic amines) is 1. The van der Waals surface area contributed by atoms with Crippen molar-refractivity contribution in [3.05, 3.63) is 77.0 Å². The van der Waals surface area contributed by atoms with Gasteiger partial charge in [-0.2, -0.15) is 0 Å². The smallest absolute Gasteiger partial charge is 0.335 e. The molecule has 1 spiro atoms. The summed E-state index contributed by atoms with van der Waals surface area (Å²) in [5, 5.41) is 3.61. The summed E-state index contributed by atoms with van der Waals surface area (Å²) in [6.07, 6.45) is 2.50. The summed E-state index contributed by atoms with van der Waals surface area (Å²) >= 11 is 0. The molecule has 6 nitrogen and oxygen atoms in total. The first-order valence-electron chi connectivity index (χ1n) is 11.6. The Kier molecular flexibility index (Phi) is 5.71. The van der Waals surface area contributed by atoms with E-state index in [1.165, 1.54) is 25.3 Å². The lowest BCUT2D eigenvalue weighted by atomic mass is 9.62. The summed E-state index contributed by atoms with van der Waals surface area (Å²) in [6.45, 7) is 1.76. The van der Waals surface area contributed by atoms with Crippen molar-refractivity contribution in [1.82, 2.24) is 4.90 Å². The van der Waals surface area contributed by atoms with Crippen LogP contribution in [0.5, 0.6) is 0 Å². The molecule has 2 heterocycles. The zero-order chi connectivity index (χ0) is 23.0. The van der Waals surface area contributed by atoms with Gasteiger partial charge in [0.2, 0.25) is 0 Å². The van der Waals surface area contributed by atoms with Gasteiger partial charge in [0.25, 0.3) is 0 Å². The molecular weight excluding hydrogens is 416 g/mol. The van der Waals surface area contributed by atoms with Crippen LogP contribution in [-0.2, 0) is 31.0 Å². The number of fused-ring (bicyclic) bond motifs is 1. The van der Waals surface area contributed by atoms with Crippen LogP contribution in [0.3, 0.4) is 0 Å². The first kappa shape index (κ1) is 21.7. The van der Waals surface area contributed by atoms with Crippen LogP contribution in [0.15, 0.2) is 65.9 Å². The fourth-order valence-corrected chi connectivity index (χ4v) is 6.34. The number of para-hydroxylation sites is 1. The van der Waals surface area contributed by atoms with Crippen LogP contribution in [-0.4, -0.2) is 43.6 Å². The van der Waals surface area contributed by atoms with E-state index in [9.17, 15) is 9.59 Å². The van der Waals surface area contributed by atoms with E-state index >= 15 is 0 Å². The highest BCUT2D eigenvalue weighted by Gasteiger charge is 2.60. The van der Waals surface area contributed by atoms with E-state index in [1.54, 1.807) is 0 Å². The van der Waals surface area contributed by atoms with E-state index in [1.807, 2.05) is 12.1 Å². The van der Waals surface area contributed by atoms with Gasteiger partial charge in [0, 0.05) is 36.9 Å².